The minimum atomic E-state index is -3.06. The zero-order valence-corrected chi connectivity index (χ0v) is 6.80. The molecule has 1 atom stereocenters. The van der Waals surface area contributed by atoms with Crippen LogP contribution in [0.15, 0.2) is 0 Å². The van der Waals surface area contributed by atoms with Crippen molar-refractivity contribution in [1.29, 1.82) is 0 Å². The third-order valence-electron chi connectivity index (χ3n) is 1.81. The number of carbonyl (C=O) groups is 1. The smallest absolute Gasteiger partial charge is 0.307 e. The van der Waals surface area contributed by atoms with E-state index in [1.54, 1.807) is 0 Å². The first-order chi connectivity index (χ1) is 5.01. The highest BCUT2D eigenvalue weighted by atomic mass is 32.2. The van der Waals surface area contributed by atoms with Crippen molar-refractivity contribution >= 4 is 15.8 Å². The van der Waals surface area contributed by atoms with Gasteiger partial charge in [-0.05, 0) is 12.8 Å². The number of sulfone groups is 1. The molecule has 0 spiro atoms. The molecule has 1 heterocycles. The Balaban J connectivity index is 2.68. The molecule has 1 saturated heterocycles. The van der Waals surface area contributed by atoms with E-state index in [9.17, 15) is 13.2 Å². The first-order valence-electron chi connectivity index (χ1n) is 3.44. The standard InChI is InChI=1S/C6H10O4S/c7-6(8)5-2-1-3-11(9,10)4-5/h5H,1-4H2,(H,7,8)/t5-/m1/s1. The molecule has 5 heteroatoms. The summed E-state index contributed by atoms with van der Waals surface area (Å²) in [7, 11) is -3.06. The van der Waals surface area contributed by atoms with E-state index in [2.05, 4.69) is 0 Å². The Kier molecular flexibility index (Phi) is 2.17. The highest BCUT2D eigenvalue weighted by molar-refractivity contribution is 7.91. The van der Waals surface area contributed by atoms with Crippen LogP contribution in [0.4, 0.5) is 0 Å². The molecule has 0 aromatic rings. The lowest BCUT2D eigenvalue weighted by molar-refractivity contribution is -0.141. The van der Waals surface area contributed by atoms with Crippen LogP contribution in [-0.2, 0) is 14.6 Å². The van der Waals surface area contributed by atoms with Crippen LogP contribution in [-0.4, -0.2) is 31.0 Å². The second-order valence-corrected chi connectivity index (χ2v) is 5.02. The summed E-state index contributed by atoms with van der Waals surface area (Å²) < 4.78 is 21.8. The fraction of sp³-hybridized carbons (Fsp3) is 0.833. The van der Waals surface area contributed by atoms with Gasteiger partial charge < -0.3 is 5.11 Å². The normalized spacial score (nSPS) is 29.6. The number of aliphatic carboxylic acids is 1. The third kappa shape index (κ3) is 2.18. The zero-order valence-electron chi connectivity index (χ0n) is 5.99. The Morgan fingerprint density at radius 2 is 2.09 bits per heavy atom. The van der Waals surface area contributed by atoms with Crippen molar-refractivity contribution in [1.82, 2.24) is 0 Å². The van der Waals surface area contributed by atoms with Crippen LogP contribution in [0.2, 0.25) is 0 Å². The van der Waals surface area contributed by atoms with Crippen molar-refractivity contribution < 1.29 is 18.3 Å². The van der Waals surface area contributed by atoms with E-state index in [-0.39, 0.29) is 11.5 Å². The highest BCUT2D eigenvalue weighted by Crippen LogP contribution is 2.17. The number of carboxylic acid groups (broad SMARTS) is 1. The minimum Gasteiger partial charge on any atom is -0.481 e. The summed E-state index contributed by atoms with van der Waals surface area (Å²) in [6, 6.07) is 0. The zero-order chi connectivity index (χ0) is 8.48. The van der Waals surface area contributed by atoms with Crippen LogP contribution in [0.1, 0.15) is 12.8 Å². The summed E-state index contributed by atoms with van der Waals surface area (Å²) in [5.74, 6) is -1.69. The average molecular weight is 178 g/mol. The molecule has 64 valence electrons. The molecule has 0 aromatic carbocycles. The topological polar surface area (TPSA) is 71.4 Å². The van der Waals surface area contributed by atoms with E-state index >= 15 is 0 Å². The predicted octanol–water partition coefficient (Wildman–Crippen LogP) is -0.104. The fourth-order valence-corrected chi connectivity index (χ4v) is 2.91. The van der Waals surface area contributed by atoms with Crippen molar-refractivity contribution in [3.05, 3.63) is 0 Å². The van der Waals surface area contributed by atoms with Gasteiger partial charge in [-0.15, -0.1) is 0 Å². The van der Waals surface area contributed by atoms with Gasteiger partial charge in [-0.25, -0.2) is 8.42 Å². The van der Waals surface area contributed by atoms with Gasteiger partial charge in [0.05, 0.1) is 17.4 Å². The molecular formula is C6H10O4S. The number of hydrogen-bond acceptors (Lipinski definition) is 3. The fourth-order valence-electron chi connectivity index (χ4n) is 1.22. The van der Waals surface area contributed by atoms with E-state index in [0.29, 0.717) is 12.8 Å². The number of hydrogen-bond donors (Lipinski definition) is 1. The monoisotopic (exact) mass is 178 g/mol. The molecule has 1 aliphatic heterocycles. The van der Waals surface area contributed by atoms with Crippen molar-refractivity contribution in [2.75, 3.05) is 11.5 Å². The van der Waals surface area contributed by atoms with Gasteiger partial charge >= 0.3 is 5.97 Å². The lowest BCUT2D eigenvalue weighted by Crippen LogP contribution is -2.30. The lowest BCUT2D eigenvalue weighted by Gasteiger charge is -2.17. The average Bonchev–Trinajstić information content (AvgIpc) is 1.85. The maximum Gasteiger partial charge on any atom is 0.307 e. The van der Waals surface area contributed by atoms with E-state index in [1.807, 2.05) is 0 Å². The molecule has 0 amide bonds. The van der Waals surface area contributed by atoms with Crippen LogP contribution < -0.4 is 0 Å². The Bertz CT molecular complexity index is 254. The Morgan fingerprint density at radius 3 is 2.45 bits per heavy atom. The van der Waals surface area contributed by atoms with E-state index in [4.69, 9.17) is 5.11 Å². The lowest BCUT2D eigenvalue weighted by atomic mass is 10.1. The SMILES string of the molecule is O=C(O)[C@@H]1CCCS(=O)(=O)C1. The summed E-state index contributed by atoms with van der Waals surface area (Å²) in [5, 5.41) is 8.51. The second kappa shape index (κ2) is 2.81. The van der Waals surface area contributed by atoms with Crippen molar-refractivity contribution in [3.63, 3.8) is 0 Å². The van der Waals surface area contributed by atoms with Crippen molar-refractivity contribution in [3.8, 4) is 0 Å². The van der Waals surface area contributed by atoms with Gasteiger partial charge in [0.2, 0.25) is 0 Å². The van der Waals surface area contributed by atoms with Gasteiger partial charge in [0, 0.05) is 0 Å². The molecule has 0 aliphatic carbocycles. The molecular weight excluding hydrogens is 168 g/mol. The molecule has 0 unspecified atom stereocenters. The van der Waals surface area contributed by atoms with E-state index < -0.39 is 21.7 Å². The van der Waals surface area contributed by atoms with Crippen LogP contribution in [0.25, 0.3) is 0 Å². The van der Waals surface area contributed by atoms with Crippen LogP contribution >= 0.6 is 0 Å². The molecule has 4 nitrogen and oxygen atoms in total. The molecule has 0 aromatic heterocycles. The summed E-state index contributed by atoms with van der Waals surface area (Å²) >= 11 is 0. The summed E-state index contributed by atoms with van der Waals surface area (Å²) in [6.07, 6.45) is 0.980. The third-order valence-corrected chi connectivity index (χ3v) is 3.63. The van der Waals surface area contributed by atoms with Crippen LogP contribution in [0.5, 0.6) is 0 Å². The van der Waals surface area contributed by atoms with Crippen molar-refractivity contribution in [2.24, 2.45) is 5.92 Å². The van der Waals surface area contributed by atoms with E-state index in [1.165, 1.54) is 0 Å². The Hall–Kier alpha value is -0.580. The highest BCUT2D eigenvalue weighted by Gasteiger charge is 2.29. The van der Waals surface area contributed by atoms with Crippen molar-refractivity contribution in [2.45, 2.75) is 12.8 Å². The molecule has 1 aliphatic rings. The Labute approximate surface area is 65.1 Å². The van der Waals surface area contributed by atoms with E-state index in [0.717, 1.165) is 0 Å². The maximum atomic E-state index is 10.9. The molecule has 0 radical (unpaired) electrons. The van der Waals surface area contributed by atoms with Gasteiger partial charge in [-0.1, -0.05) is 0 Å². The van der Waals surface area contributed by atoms with Crippen LogP contribution in [0.3, 0.4) is 0 Å². The maximum absolute atomic E-state index is 10.9. The molecule has 1 rings (SSSR count). The van der Waals surface area contributed by atoms with Gasteiger partial charge in [0.15, 0.2) is 9.84 Å². The molecule has 11 heavy (non-hydrogen) atoms. The Morgan fingerprint density at radius 1 is 1.45 bits per heavy atom. The van der Waals surface area contributed by atoms with Crippen LogP contribution in [0, 0.1) is 5.92 Å². The molecule has 1 fully saturated rings. The number of carboxylic acids is 1. The summed E-state index contributed by atoms with van der Waals surface area (Å²) in [6.45, 7) is 0. The van der Waals surface area contributed by atoms with Gasteiger partial charge in [-0.3, -0.25) is 4.79 Å². The first kappa shape index (κ1) is 8.52. The van der Waals surface area contributed by atoms with Gasteiger partial charge in [-0.2, -0.15) is 0 Å². The summed E-state index contributed by atoms with van der Waals surface area (Å²) in [4.78, 5) is 10.4. The molecule has 1 N–H and O–H groups in total. The summed E-state index contributed by atoms with van der Waals surface area (Å²) in [5.41, 5.74) is 0. The minimum absolute atomic E-state index is 0.150. The molecule has 0 bridgehead atoms. The molecule has 0 saturated carbocycles. The first-order valence-corrected chi connectivity index (χ1v) is 5.26. The predicted molar refractivity (Wildman–Crippen MR) is 39.0 cm³/mol. The number of rotatable bonds is 1. The largest absolute Gasteiger partial charge is 0.481 e. The van der Waals surface area contributed by atoms with Gasteiger partial charge in [0.1, 0.15) is 0 Å². The second-order valence-electron chi connectivity index (χ2n) is 2.79. The quantitative estimate of drug-likeness (QED) is 0.608. The van der Waals surface area contributed by atoms with Gasteiger partial charge in [0.25, 0.3) is 0 Å².